The third-order valence-electron chi connectivity index (χ3n) is 4.86. The van der Waals surface area contributed by atoms with E-state index in [1.54, 1.807) is 24.3 Å². The molecule has 1 aliphatic rings. The highest BCUT2D eigenvalue weighted by Gasteiger charge is 2.29. The molecule has 1 saturated heterocycles. The maximum Gasteiger partial charge on any atom is 0.282 e. The van der Waals surface area contributed by atoms with Gasteiger partial charge in [-0.3, -0.25) is 4.79 Å². The Bertz CT molecular complexity index is 825. The Hall–Kier alpha value is -2.55. The van der Waals surface area contributed by atoms with E-state index in [1.165, 1.54) is 4.90 Å². The van der Waals surface area contributed by atoms with E-state index < -0.39 is 0 Å². The second-order valence-corrected chi connectivity index (χ2v) is 6.91. The Balaban J connectivity index is 1.57. The van der Waals surface area contributed by atoms with Crippen molar-refractivity contribution in [3.05, 3.63) is 59.1 Å². The lowest BCUT2D eigenvalue weighted by Gasteiger charge is -2.36. The number of carbonyl (C=O) groups is 1. The average Bonchev–Trinajstić information content (AvgIpc) is 2.68. The highest BCUT2D eigenvalue weighted by molar-refractivity contribution is 6.33. The lowest BCUT2D eigenvalue weighted by Crippen LogP contribution is -3.19. The number of halogens is 1. The van der Waals surface area contributed by atoms with Crippen molar-refractivity contribution in [2.24, 2.45) is 0 Å². The molecular formula is C20H22ClN4O+. The first-order valence-corrected chi connectivity index (χ1v) is 9.11. The summed E-state index contributed by atoms with van der Waals surface area (Å²) in [5.74, 6) is -0.0266. The number of quaternary nitrogens is 1. The fourth-order valence-corrected chi connectivity index (χ4v) is 3.53. The van der Waals surface area contributed by atoms with Crippen LogP contribution in [0.25, 0.3) is 0 Å². The normalized spacial score (nSPS) is 16.0. The topological polar surface area (TPSA) is 60.6 Å². The monoisotopic (exact) mass is 369 g/mol. The second-order valence-electron chi connectivity index (χ2n) is 6.50. The van der Waals surface area contributed by atoms with Crippen molar-refractivity contribution < 1.29 is 9.69 Å². The fraction of sp³-hybridized carbons (Fsp3) is 0.300. The molecule has 0 bridgehead atoms. The summed E-state index contributed by atoms with van der Waals surface area (Å²) in [6.45, 7) is 5.42. The molecule has 1 fully saturated rings. The largest absolute Gasteiger partial charge is 0.359 e. The number of hydrogen-bond acceptors (Lipinski definition) is 3. The number of nitrogens with zero attached hydrogens (tertiary/aromatic N) is 2. The molecule has 1 heterocycles. The number of benzene rings is 2. The number of anilines is 2. The van der Waals surface area contributed by atoms with Crippen molar-refractivity contribution >= 4 is 28.9 Å². The van der Waals surface area contributed by atoms with Crippen molar-refractivity contribution in [1.29, 1.82) is 5.26 Å². The Morgan fingerprint density at radius 2 is 1.96 bits per heavy atom. The number of nitrogens with one attached hydrogen (secondary N) is 2. The van der Waals surface area contributed by atoms with Gasteiger partial charge in [-0.25, -0.2) is 0 Å². The van der Waals surface area contributed by atoms with E-state index in [0.717, 1.165) is 36.9 Å². The van der Waals surface area contributed by atoms with Gasteiger partial charge >= 0.3 is 0 Å². The first kappa shape index (κ1) is 18.2. The molecule has 2 aromatic carbocycles. The van der Waals surface area contributed by atoms with Crippen LogP contribution in [0.15, 0.2) is 48.5 Å². The summed E-state index contributed by atoms with van der Waals surface area (Å²) in [5, 5.41) is 12.6. The first-order valence-electron chi connectivity index (χ1n) is 8.73. The fourth-order valence-electron chi connectivity index (χ4n) is 3.28. The number of rotatable bonds is 4. The van der Waals surface area contributed by atoms with Gasteiger partial charge in [-0.05, 0) is 37.3 Å². The van der Waals surface area contributed by atoms with Crippen molar-refractivity contribution in [3.8, 4) is 6.07 Å². The highest BCUT2D eigenvalue weighted by Crippen LogP contribution is 2.24. The summed E-state index contributed by atoms with van der Waals surface area (Å²) in [6, 6.07) is 16.8. The molecule has 1 amide bonds. The molecule has 0 unspecified atom stereocenters. The molecule has 1 aliphatic heterocycles. The van der Waals surface area contributed by atoms with Crippen molar-refractivity contribution in [2.75, 3.05) is 36.4 Å². The van der Waals surface area contributed by atoms with Gasteiger partial charge in [0.15, 0.2) is 6.04 Å². The van der Waals surface area contributed by atoms with Crippen molar-refractivity contribution in [3.63, 3.8) is 0 Å². The van der Waals surface area contributed by atoms with Crippen LogP contribution >= 0.6 is 11.6 Å². The molecule has 1 atom stereocenters. The van der Waals surface area contributed by atoms with Gasteiger partial charge < -0.3 is 15.1 Å². The molecule has 3 rings (SSSR count). The predicted molar refractivity (Wildman–Crippen MR) is 104 cm³/mol. The number of nitriles is 1. The zero-order chi connectivity index (χ0) is 18.5. The summed E-state index contributed by atoms with van der Waals surface area (Å²) in [7, 11) is 0. The van der Waals surface area contributed by atoms with Crippen LogP contribution in [0.4, 0.5) is 11.4 Å². The molecule has 2 aromatic rings. The number of piperazine rings is 1. The molecule has 26 heavy (non-hydrogen) atoms. The van der Waals surface area contributed by atoms with Gasteiger partial charge in [0.2, 0.25) is 0 Å². The van der Waals surface area contributed by atoms with Crippen LogP contribution in [-0.4, -0.2) is 38.1 Å². The van der Waals surface area contributed by atoms with Crippen LogP contribution in [-0.2, 0) is 4.79 Å². The molecular weight excluding hydrogens is 348 g/mol. The number of carbonyl (C=O) groups excluding carboxylic acids is 1. The van der Waals surface area contributed by atoms with Crippen molar-refractivity contribution in [1.82, 2.24) is 0 Å². The number of amides is 1. The van der Waals surface area contributed by atoms with E-state index >= 15 is 0 Å². The molecule has 0 aliphatic carbocycles. The molecule has 0 aromatic heterocycles. The lowest BCUT2D eigenvalue weighted by molar-refractivity contribution is -0.914. The Morgan fingerprint density at radius 3 is 2.65 bits per heavy atom. The molecule has 0 radical (unpaired) electrons. The van der Waals surface area contributed by atoms with E-state index in [4.69, 9.17) is 16.9 Å². The minimum atomic E-state index is -0.158. The summed E-state index contributed by atoms with van der Waals surface area (Å²) in [4.78, 5) is 16.1. The van der Waals surface area contributed by atoms with Gasteiger partial charge in [0.25, 0.3) is 5.91 Å². The highest BCUT2D eigenvalue weighted by atomic mass is 35.5. The van der Waals surface area contributed by atoms with E-state index in [1.807, 2.05) is 31.2 Å². The SMILES string of the molecule is C[C@H](C(=O)Nc1cccc(C#N)c1)[NH+]1CCN(c2ccccc2Cl)CC1. The Labute approximate surface area is 158 Å². The minimum Gasteiger partial charge on any atom is -0.359 e. The van der Waals surface area contributed by atoms with Crippen LogP contribution in [0.1, 0.15) is 12.5 Å². The molecule has 0 saturated carbocycles. The average molecular weight is 370 g/mol. The summed E-state index contributed by atoms with van der Waals surface area (Å²) in [5.41, 5.74) is 2.25. The molecule has 6 heteroatoms. The summed E-state index contributed by atoms with van der Waals surface area (Å²) in [6.07, 6.45) is 0. The zero-order valence-electron chi connectivity index (χ0n) is 14.7. The number of hydrogen-bond donors (Lipinski definition) is 2. The zero-order valence-corrected chi connectivity index (χ0v) is 15.5. The van der Waals surface area contributed by atoms with Gasteiger partial charge in [0.05, 0.1) is 48.5 Å². The van der Waals surface area contributed by atoms with E-state index in [2.05, 4.69) is 16.3 Å². The molecule has 5 nitrogen and oxygen atoms in total. The maximum atomic E-state index is 12.6. The van der Waals surface area contributed by atoms with Gasteiger partial charge in [-0.1, -0.05) is 29.8 Å². The van der Waals surface area contributed by atoms with Crippen LogP contribution in [0.3, 0.4) is 0 Å². The van der Waals surface area contributed by atoms with E-state index in [0.29, 0.717) is 11.3 Å². The maximum absolute atomic E-state index is 12.6. The van der Waals surface area contributed by atoms with Gasteiger partial charge in [-0.15, -0.1) is 0 Å². The Kier molecular flexibility index (Phi) is 5.77. The second kappa shape index (κ2) is 8.22. The van der Waals surface area contributed by atoms with Gasteiger partial charge in [0, 0.05) is 5.69 Å². The quantitative estimate of drug-likeness (QED) is 0.866. The Morgan fingerprint density at radius 1 is 1.23 bits per heavy atom. The van der Waals surface area contributed by atoms with E-state index in [-0.39, 0.29) is 11.9 Å². The standard InChI is InChI=1S/C20H21ClN4O/c1-15(20(26)23-17-6-4-5-16(13-17)14-22)24-9-11-25(12-10-24)19-8-3-2-7-18(19)21/h2-8,13,15H,9-12H2,1H3,(H,23,26)/p+1/t15-/m1/s1. The molecule has 0 spiro atoms. The molecule has 134 valence electrons. The van der Waals surface area contributed by atoms with Gasteiger partial charge in [0.1, 0.15) is 0 Å². The predicted octanol–water partition coefficient (Wildman–Crippen LogP) is 1.94. The third kappa shape index (κ3) is 4.16. The molecule has 2 N–H and O–H groups in total. The third-order valence-corrected chi connectivity index (χ3v) is 5.18. The summed E-state index contributed by atoms with van der Waals surface area (Å²) < 4.78 is 0. The van der Waals surface area contributed by atoms with Gasteiger partial charge in [-0.2, -0.15) is 5.26 Å². The lowest BCUT2D eigenvalue weighted by atomic mass is 10.1. The van der Waals surface area contributed by atoms with Crippen LogP contribution < -0.4 is 15.1 Å². The number of para-hydroxylation sites is 1. The first-order chi connectivity index (χ1) is 12.6. The van der Waals surface area contributed by atoms with E-state index in [9.17, 15) is 4.79 Å². The smallest absolute Gasteiger partial charge is 0.282 e. The minimum absolute atomic E-state index is 0.0266. The summed E-state index contributed by atoms with van der Waals surface area (Å²) >= 11 is 6.29. The van der Waals surface area contributed by atoms with Crippen LogP contribution in [0.2, 0.25) is 5.02 Å². The van der Waals surface area contributed by atoms with Crippen LogP contribution in [0, 0.1) is 11.3 Å². The van der Waals surface area contributed by atoms with Crippen molar-refractivity contribution in [2.45, 2.75) is 13.0 Å². The van der Waals surface area contributed by atoms with Crippen LogP contribution in [0.5, 0.6) is 0 Å².